The van der Waals surface area contributed by atoms with Gasteiger partial charge in [-0.1, -0.05) is 23.7 Å². The fraction of sp³-hybridized carbons (Fsp3) is 0.464. The third kappa shape index (κ3) is 4.13. The average Bonchev–Trinajstić information content (AvgIpc) is 3.44. The SMILES string of the molecule is CCOc1ccc(NC(=O)[C@@H]2[C@H]3C(=O)N(CCO)C(C(=O)Nc4c(C)cccc4Cl)C34CC[C@@]2(C)O4)cc1. The van der Waals surface area contributed by atoms with Gasteiger partial charge in [-0.25, -0.2) is 0 Å². The van der Waals surface area contributed by atoms with Gasteiger partial charge in [-0.15, -0.1) is 0 Å². The third-order valence-corrected chi connectivity index (χ3v) is 8.37. The van der Waals surface area contributed by atoms with E-state index in [1.165, 1.54) is 4.90 Å². The van der Waals surface area contributed by atoms with Gasteiger partial charge in [0, 0.05) is 12.2 Å². The molecular weight excluding hydrogens is 510 g/mol. The van der Waals surface area contributed by atoms with Gasteiger partial charge in [-0.05, 0) is 69.5 Å². The summed E-state index contributed by atoms with van der Waals surface area (Å²) in [5.41, 5.74) is -0.311. The van der Waals surface area contributed by atoms with Crippen LogP contribution in [0.2, 0.25) is 5.02 Å². The molecule has 3 amide bonds. The largest absolute Gasteiger partial charge is 0.494 e. The van der Waals surface area contributed by atoms with Gasteiger partial charge in [0.15, 0.2) is 0 Å². The summed E-state index contributed by atoms with van der Waals surface area (Å²) < 4.78 is 12.0. The Hall–Kier alpha value is -3.14. The molecule has 9 nitrogen and oxygen atoms in total. The molecule has 202 valence electrons. The van der Waals surface area contributed by atoms with Gasteiger partial charge >= 0.3 is 0 Å². The zero-order chi connectivity index (χ0) is 27.2. The molecule has 2 aromatic carbocycles. The summed E-state index contributed by atoms with van der Waals surface area (Å²) in [6.07, 6.45) is 0.953. The number of amides is 3. The number of nitrogens with zero attached hydrogens (tertiary/aromatic N) is 1. The Bertz CT molecular complexity index is 1250. The predicted octanol–water partition coefficient (Wildman–Crippen LogP) is 3.38. The fourth-order valence-corrected chi connectivity index (χ4v) is 6.75. The lowest BCUT2D eigenvalue weighted by atomic mass is 9.66. The van der Waals surface area contributed by atoms with Crippen molar-refractivity contribution >= 4 is 40.7 Å². The summed E-state index contributed by atoms with van der Waals surface area (Å²) in [6.45, 7) is 5.70. The number of aliphatic hydroxyl groups is 1. The molecule has 5 atom stereocenters. The average molecular weight is 542 g/mol. The second-order valence-corrected chi connectivity index (χ2v) is 10.8. The molecule has 5 rings (SSSR count). The molecule has 1 spiro atoms. The van der Waals surface area contributed by atoms with Gasteiger partial charge in [0.1, 0.15) is 17.4 Å². The van der Waals surface area contributed by atoms with Gasteiger partial charge in [-0.2, -0.15) is 0 Å². The molecule has 3 N–H and O–H groups in total. The quantitative estimate of drug-likeness (QED) is 0.472. The Kier molecular flexibility index (Phi) is 6.87. The summed E-state index contributed by atoms with van der Waals surface area (Å²) in [5, 5.41) is 16.0. The van der Waals surface area contributed by atoms with E-state index in [4.69, 9.17) is 21.1 Å². The lowest BCUT2D eigenvalue weighted by molar-refractivity contribution is -0.143. The van der Waals surface area contributed by atoms with Crippen LogP contribution in [0.25, 0.3) is 0 Å². The van der Waals surface area contributed by atoms with Crippen LogP contribution in [0.4, 0.5) is 11.4 Å². The minimum Gasteiger partial charge on any atom is -0.494 e. The summed E-state index contributed by atoms with van der Waals surface area (Å²) in [4.78, 5) is 42.6. The fourth-order valence-electron chi connectivity index (χ4n) is 6.48. The van der Waals surface area contributed by atoms with E-state index < -0.39 is 35.0 Å². The monoisotopic (exact) mass is 541 g/mol. The van der Waals surface area contributed by atoms with E-state index in [2.05, 4.69) is 10.6 Å². The number of hydrogen-bond acceptors (Lipinski definition) is 6. The van der Waals surface area contributed by atoms with Crippen LogP contribution in [0.5, 0.6) is 5.75 Å². The van der Waals surface area contributed by atoms with Crippen LogP contribution in [0.1, 0.15) is 32.3 Å². The zero-order valence-corrected chi connectivity index (χ0v) is 22.4. The number of fused-ring (bicyclic) bond motifs is 1. The van der Waals surface area contributed by atoms with Crippen LogP contribution in [0.3, 0.4) is 0 Å². The molecular formula is C28H32ClN3O6. The van der Waals surface area contributed by atoms with Gasteiger partial charge in [-0.3, -0.25) is 14.4 Å². The number of rotatable bonds is 8. The number of hydrogen-bond donors (Lipinski definition) is 3. The molecule has 3 fully saturated rings. The number of likely N-dealkylation sites (tertiary alicyclic amines) is 1. The molecule has 3 saturated heterocycles. The molecule has 3 aliphatic heterocycles. The smallest absolute Gasteiger partial charge is 0.250 e. The highest BCUT2D eigenvalue weighted by atomic mass is 35.5. The number of nitrogens with one attached hydrogen (secondary N) is 2. The minimum atomic E-state index is -1.19. The molecule has 2 bridgehead atoms. The number of benzene rings is 2. The maximum atomic E-state index is 13.8. The first kappa shape index (κ1) is 26.5. The molecule has 3 heterocycles. The lowest BCUT2D eigenvalue weighted by Gasteiger charge is -2.33. The Morgan fingerprint density at radius 1 is 1.16 bits per heavy atom. The number of aryl methyl sites for hydroxylation is 1. The van der Waals surface area contributed by atoms with E-state index in [-0.39, 0.29) is 25.0 Å². The normalized spacial score (nSPS) is 29.3. The number of halogens is 1. The van der Waals surface area contributed by atoms with Crippen molar-refractivity contribution in [1.82, 2.24) is 4.90 Å². The first-order valence-corrected chi connectivity index (χ1v) is 13.2. The Morgan fingerprint density at radius 2 is 1.89 bits per heavy atom. The summed E-state index contributed by atoms with van der Waals surface area (Å²) in [5.74, 6) is -2.15. The summed E-state index contributed by atoms with van der Waals surface area (Å²) in [6, 6.07) is 11.3. The molecule has 2 aromatic rings. The summed E-state index contributed by atoms with van der Waals surface area (Å²) in [7, 11) is 0. The second kappa shape index (κ2) is 9.87. The van der Waals surface area contributed by atoms with Crippen molar-refractivity contribution in [2.24, 2.45) is 11.8 Å². The molecule has 0 saturated carbocycles. The van der Waals surface area contributed by atoms with Crippen molar-refractivity contribution in [2.45, 2.75) is 50.9 Å². The lowest BCUT2D eigenvalue weighted by Crippen LogP contribution is -2.53. The van der Waals surface area contributed by atoms with Crippen LogP contribution in [-0.4, -0.2) is 64.7 Å². The number of ether oxygens (including phenoxy) is 2. The van der Waals surface area contributed by atoms with Gasteiger partial charge in [0.05, 0.1) is 41.4 Å². The number of β-amino-alcohol motifs (C(OH)–C–C–N with tert-alkyl or cyclic N) is 1. The predicted molar refractivity (Wildman–Crippen MR) is 142 cm³/mol. The number of aliphatic hydroxyl groups excluding tert-OH is 1. The highest BCUT2D eigenvalue weighted by Crippen LogP contribution is 2.63. The van der Waals surface area contributed by atoms with Gasteiger partial charge < -0.3 is 30.1 Å². The van der Waals surface area contributed by atoms with Crippen molar-refractivity contribution in [3.8, 4) is 5.75 Å². The molecule has 3 aliphatic rings. The Labute approximate surface area is 226 Å². The highest BCUT2D eigenvalue weighted by molar-refractivity contribution is 6.34. The number of carbonyl (C=O) groups excluding carboxylic acids is 3. The van der Waals surface area contributed by atoms with Crippen LogP contribution >= 0.6 is 11.6 Å². The first-order valence-electron chi connectivity index (χ1n) is 12.9. The first-order chi connectivity index (χ1) is 18.1. The Balaban J connectivity index is 1.46. The van der Waals surface area contributed by atoms with Crippen LogP contribution in [0.15, 0.2) is 42.5 Å². The number of para-hydroxylation sites is 1. The van der Waals surface area contributed by atoms with Crippen molar-refractivity contribution in [3.63, 3.8) is 0 Å². The van der Waals surface area contributed by atoms with Crippen molar-refractivity contribution < 1.29 is 29.0 Å². The zero-order valence-electron chi connectivity index (χ0n) is 21.6. The van der Waals surface area contributed by atoms with E-state index >= 15 is 0 Å². The van der Waals surface area contributed by atoms with Crippen molar-refractivity contribution in [1.29, 1.82) is 0 Å². The van der Waals surface area contributed by atoms with E-state index in [0.29, 0.717) is 41.6 Å². The van der Waals surface area contributed by atoms with Gasteiger partial charge in [0.25, 0.3) is 0 Å². The maximum Gasteiger partial charge on any atom is 0.250 e. The van der Waals surface area contributed by atoms with Crippen LogP contribution in [-0.2, 0) is 19.1 Å². The van der Waals surface area contributed by atoms with E-state index in [9.17, 15) is 19.5 Å². The topological polar surface area (TPSA) is 117 Å². The van der Waals surface area contributed by atoms with Crippen LogP contribution in [0, 0.1) is 18.8 Å². The van der Waals surface area contributed by atoms with Crippen molar-refractivity contribution in [2.75, 3.05) is 30.4 Å². The molecule has 0 radical (unpaired) electrons. The summed E-state index contributed by atoms with van der Waals surface area (Å²) >= 11 is 6.36. The van der Waals surface area contributed by atoms with Gasteiger partial charge in [0.2, 0.25) is 17.7 Å². The molecule has 10 heteroatoms. The van der Waals surface area contributed by atoms with Crippen LogP contribution < -0.4 is 15.4 Å². The van der Waals surface area contributed by atoms with E-state index in [1.807, 2.05) is 26.8 Å². The number of anilines is 2. The third-order valence-electron chi connectivity index (χ3n) is 8.05. The van der Waals surface area contributed by atoms with Crippen molar-refractivity contribution in [3.05, 3.63) is 53.1 Å². The molecule has 0 aliphatic carbocycles. The molecule has 2 unspecified atom stereocenters. The molecule has 0 aromatic heterocycles. The molecule has 38 heavy (non-hydrogen) atoms. The van der Waals surface area contributed by atoms with E-state index in [1.54, 1.807) is 36.4 Å². The minimum absolute atomic E-state index is 0.0516. The highest BCUT2D eigenvalue weighted by Gasteiger charge is 2.77. The maximum absolute atomic E-state index is 13.8. The number of carbonyl (C=O) groups is 3. The Morgan fingerprint density at radius 3 is 2.55 bits per heavy atom. The standard InChI is InChI=1S/C28H32ClN3O6/c1-4-37-18-10-8-17(9-11-18)30-24(34)20-21-26(36)32(14-15-33)23(28(21)13-12-27(20,3)38-28)25(35)31-22-16(2)6-5-7-19(22)29/h5-11,20-21,23,33H,4,12-15H2,1-3H3,(H,30,34)(H,31,35)/t20-,21-,23?,27+,28?/m0/s1. The second-order valence-electron chi connectivity index (χ2n) is 10.4. The van der Waals surface area contributed by atoms with E-state index in [0.717, 1.165) is 5.56 Å².